The third-order valence-electron chi connectivity index (χ3n) is 4.47. The van der Waals surface area contributed by atoms with Gasteiger partial charge in [-0.1, -0.05) is 0 Å². The van der Waals surface area contributed by atoms with Crippen molar-refractivity contribution in [3.8, 4) is 0 Å². The summed E-state index contributed by atoms with van der Waals surface area (Å²) in [5, 5.41) is 0. The number of sulfonamides is 1. The van der Waals surface area contributed by atoms with E-state index in [9.17, 15) is 17.6 Å². The average Bonchev–Trinajstić information content (AvgIpc) is 2.64. The summed E-state index contributed by atoms with van der Waals surface area (Å²) in [6.45, 7) is 3.03. The van der Waals surface area contributed by atoms with E-state index < -0.39 is 15.8 Å². The van der Waals surface area contributed by atoms with Gasteiger partial charge >= 0.3 is 0 Å². The first-order chi connectivity index (χ1) is 12.4. The summed E-state index contributed by atoms with van der Waals surface area (Å²) in [6.07, 6.45) is 3.18. The number of piperidine rings is 1. The highest BCUT2D eigenvalue weighted by Crippen LogP contribution is 2.20. The van der Waals surface area contributed by atoms with Crippen molar-refractivity contribution in [1.29, 1.82) is 0 Å². The molecule has 26 heavy (non-hydrogen) atoms. The summed E-state index contributed by atoms with van der Waals surface area (Å²) in [6, 6.07) is 9.99. The van der Waals surface area contributed by atoms with Gasteiger partial charge in [0.25, 0.3) is 15.9 Å². The first-order valence-electron chi connectivity index (χ1n) is 8.55. The Morgan fingerprint density at radius 1 is 1.04 bits per heavy atom. The van der Waals surface area contributed by atoms with Gasteiger partial charge in [0.2, 0.25) is 0 Å². The minimum Gasteiger partial charge on any atom is -0.339 e. The minimum atomic E-state index is -3.82. The van der Waals surface area contributed by atoms with Crippen molar-refractivity contribution in [2.75, 3.05) is 17.8 Å². The molecular weight excluding hydrogens is 355 g/mol. The van der Waals surface area contributed by atoms with Crippen molar-refractivity contribution in [1.82, 2.24) is 4.90 Å². The quantitative estimate of drug-likeness (QED) is 0.887. The molecule has 0 spiro atoms. The highest BCUT2D eigenvalue weighted by Gasteiger charge is 2.19. The maximum absolute atomic E-state index is 13.3. The van der Waals surface area contributed by atoms with E-state index in [-0.39, 0.29) is 16.4 Å². The molecule has 0 bridgehead atoms. The number of halogens is 1. The lowest BCUT2D eigenvalue weighted by Crippen LogP contribution is -2.35. The number of likely N-dealkylation sites (tertiary alicyclic amines) is 1. The second-order valence-corrected chi connectivity index (χ2v) is 8.13. The van der Waals surface area contributed by atoms with Crippen LogP contribution in [-0.4, -0.2) is 32.3 Å². The van der Waals surface area contributed by atoms with Crippen molar-refractivity contribution in [3.63, 3.8) is 0 Å². The number of benzene rings is 2. The van der Waals surface area contributed by atoms with Gasteiger partial charge in [-0.05, 0) is 74.2 Å². The van der Waals surface area contributed by atoms with Gasteiger partial charge in [0, 0.05) is 24.3 Å². The Morgan fingerprint density at radius 2 is 1.69 bits per heavy atom. The molecule has 1 amide bonds. The van der Waals surface area contributed by atoms with E-state index in [1.54, 1.807) is 24.3 Å². The van der Waals surface area contributed by atoms with Crippen LogP contribution in [0, 0.1) is 12.7 Å². The van der Waals surface area contributed by atoms with E-state index in [0.717, 1.165) is 38.4 Å². The molecular formula is C19H21FN2O3S. The first kappa shape index (κ1) is 18.4. The van der Waals surface area contributed by atoms with Crippen molar-refractivity contribution in [2.45, 2.75) is 31.1 Å². The van der Waals surface area contributed by atoms with Crippen LogP contribution in [-0.2, 0) is 10.0 Å². The fraction of sp³-hybridized carbons (Fsp3) is 0.316. The van der Waals surface area contributed by atoms with Crippen LogP contribution in [0.15, 0.2) is 47.4 Å². The van der Waals surface area contributed by atoms with Crippen molar-refractivity contribution >= 4 is 21.6 Å². The van der Waals surface area contributed by atoms with Gasteiger partial charge in [-0.3, -0.25) is 9.52 Å². The molecule has 0 radical (unpaired) electrons. The van der Waals surface area contributed by atoms with Gasteiger partial charge in [0.05, 0.1) is 4.90 Å². The van der Waals surface area contributed by atoms with E-state index in [1.807, 2.05) is 4.90 Å². The van der Waals surface area contributed by atoms with Crippen LogP contribution in [0.5, 0.6) is 0 Å². The molecule has 0 saturated carbocycles. The third kappa shape index (κ3) is 4.04. The third-order valence-corrected chi connectivity index (χ3v) is 5.85. The van der Waals surface area contributed by atoms with Crippen LogP contribution in [0.25, 0.3) is 0 Å². The number of aryl methyl sites for hydroxylation is 1. The van der Waals surface area contributed by atoms with Gasteiger partial charge in [0.1, 0.15) is 5.82 Å². The lowest BCUT2D eigenvalue weighted by atomic mass is 10.1. The molecule has 1 N–H and O–H groups in total. The number of nitrogens with zero attached hydrogens (tertiary/aromatic N) is 1. The summed E-state index contributed by atoms with van der Waals surface area (Å²) in [5.74, 6) is -0.488. The van der Waals surface area contributed by atoms with Crippen LogP contribution < -0.4 is 4.72 Å². The molecule has 0 aliphatic carbocycles. The van der Waals surface area contributed by atoms with E-state index in [4.69, 9.17) is 0 Å². The summed E-state index contributed by atoms with van der Waals surface area (Å²) in [7, 11) is -3.82. The average molecular weight is 376 g/mol. The predicted molar refractivity (Wildman–Crippen MR) is 98.1 cm³/mol. The number of amides is 1. The van der Waals surface area contributed by atoms with E-state index >= 15 is 0 Å². The Labute approximate surface area is 152 Å². The standard InChI is InChI=1S/C19H21FN2O3S/c1-14-13-17(9-10-18(14)20)26(24,25)21-16-7-5-15(6-8-16)19(23)22-11-3-2-4-12-22/h5-10,13,21H,2-4,11-12H2,1H3. The molecule has 1 aliphatic rings. The lowest BCUT2D eigenvalue weighted by Gasteiger charge is -2.26. The SMILES string of the molecule is Cc1cc(S(=O)(=O)Nc2ccc(C(=O)N3CCCCC3)cc2)ccc1F. The Morgan fingerprint density at radius 3 is 2.31 bits per heavy atom. The molecule has 2 aromatic carbocycles. The summed E-state index contributed by atoms with van der Waals surface area (Å²) in [5.41, 5.74) is 1.14. The van der Waals surface area contributed by atoms with Gasteiger partial charge in [0.15, 0.2) is 0 Å². The van der Waals surface area contributed by atoms with Crippen LogP contribution >= 0.6 is 0 Å². The normalized spacial score (nSPS) is 14.9. The topological polar surface area (TPSA) is 66.5 Å². The molecule has 2 aromatic rings. The number of carbonyl (C=O) groups excluding carboxylic acids is 1. The van der Waals surface area contributed by atoms with Crippen LogP contribution in [0.4, 0.5) is 10.1 Å². The number of hydrogen-bond acceptors (Lipinski definition) is 3. The Balaban J connectivity index is 1.74. The summed E-state index contributed by atoms with van der Waals surface area (Å²) in [4.78, 5) is 14.3. The summed E-state index contributed by atoms with van der Waals surface area (Å²) >= 11 is 0. The van der Waals surface area contributed by atoms with Gasteiger partial charge in [-0.15, -0.1) is 0 Å². The van der Waals surface area contributed by atoms with Crippen LogP contribution in [0.1, 0.15) is 35.2 Å². The molecule has 5 nitrogen and oxygen atoms in total. The number of rotatable bonds is 4. The number of hydrogen-bond donors (Lipinski definition) is 1. The molecule has 1 saturated heterocycles. The monoisotopic (exact) mass is 376 g/mol. The number of anilines is 1. The Hall–Kier alpha value is -2.41. The molecule has 3 rings (SSSR count). The molecule has 1 fully saturated rings. The smallest absolute Gasteiger partial charge is 0.261 e. The molecule has 0 atom stereocenters. The zero-order valence-electron chi connectivity index (χ0n) is 14.5. The van der Waals surface area contributed by atoms with E-state index in [0.29, 0.717) is 11.3 Å². The molecule has 1 aliphatic heterocycles. The Kier molecular flexibility index (Phi) is 5.27. The molecule has 1 heterocycles. The first-order valence-corrected chi connectivity index (χ1v) is 10.0. The zero-order valence-corrected chi connectivity index (χ0v) is 15.4. The molecule has 7 heteroatoms. The van der Waals surface area contributed by atoms with Crippen LogP contribution in [0.2, 0.25) is 0 Å². The zero-order chi connectivity index (χ0) is 18.7. The highest BCUT2D eigenvalue weighted by atomic mass is 32.2. The second-order valence-electron chi connectivity index (χ2n) is 6.45. The van der Waals surface area contributed by atoms with Crippen molar-refractivity contribution < 1.29 is 17.6 Å². The number of nitrogens with one attached hydrogen (secondary N) is 1. The molecule has 0 aromatic heterocycles. The van der Waals surface area contributed by atoms with Crippen molar-refractivity contribution in [3.05, 3.63) is 59.4 Å². The van der Waals surface area contributed by atoms with E-state index in [2.05, 4.69) is 4.72 Å². The fourth-order valence-corrected chi connectivity index (χ4v) is 4.10. The molecule has 0 unspecified atom stereocenters. The lowest BCUT2D eigenvalue weighted by molar-refractivity contribution is 0.0724. The highest BCUT2D eigenvalue weighted by molar-refractivity contribution is 7.92. The van der Waals surface area contributed by atoms with Gasteiger partial charge < -0.3 is 4.90 Å². The maximum atomic E-state index is 13.3. The minimum absolute atomic E-state index is 0.00938. The fourth-order valence-electron chi connectivity index (χ4n) is 2.96. The van der Waals surface area contributed by atoms with Crippen LogP contribution in [0.3, 0.4) is 0 Å². The predicted octanol–water partition coefficient (Wildman–Crippen LogP) is 3.56. The Bertz CT molecular complexity index is 905. The second kappa shape index (κ2) is 7.45. The van der Waals surface area contributed by atoms with Gasteiger partial charge in [-0.2, -0.15) is 0 Å². The largest absolute Gasteiger partial charge is 0.339 e. The molecule has 138 valence electrons. The number of carbonyl (C=O) groups is 1. The van der Waals surface area contributed by atoms with Gasteiger partial charge in [-0.25, -0.2) is 12.8 Å². The maximum Gasteiger partial charge on any atom is 0.261 e. The summed E-state index contributed by atoms with van der Waals surface area (Å²) < 4.78 is 40.6. The van der Waals surface area contributed by atoms with Crippen molar-refractivity contribution in [2.24, 2.45) is 0 Å². The van der Waals surface area contributed by atoms with E-state index in [1.165, 1.54) is 19.1 Å².